The summed E-state index contributed by atoms with van der Waals surface area (Å²) < 4.78 is 10.3. The highest BCUT2D eigenvalue weighted by molar-refractivity contribution is 5.81. The first-order valence-electron chi connectivity index (χ1n) is 7.35. The fourth-order valence-electron chi connectivity index (χ4n) is 1.81. The standard InChI is InChI=1S/C17H24O4/c1-2-21-17(19)12-6-10-16(18)11-7-13-20-14-15-8-4-3-5-9-15/h3-6,8-9,12,16,18H,2,7,10-11,13-14H2,1H3/t16-/m1/s1. The van der Waals surface area contributed by atoms with Crippen LogP contribution in [0.4, 0.5) is 0 Å². The molecule has 0 aliphatic carbocycles. The molecular weight excluding hydrogens is 268 g/mol. The van der Waals surface area contributed by atoms with E-state index in [1.165, 1.54) is 6.08 Å². The Morgan fingerprint density at radius 3 is 2.81 bits per heavy atom. The van der Waals surface area contributed by atoms with E-state index in [2.05, 4.69) is 0 Å². The van der Waals surface area contributed by atoms with Crippen LogP contribution >= 0.6 is 0 Å². The monoisotopic (exact) mass is 292 g/mol. The van der Waals surface area contributed by atoms with Gasteiger partial charge < -0.3 is 14.6 Å². The Balaban J connectivity index is 2.03. The Morgan fingerprint density at radius 1 is 1.33 bits per heavy atom. The number of carbonyl (C=O) groups excluding carboxylic acids is 1. The molecule has 1 N–H and O–H groups in total. The van der Waals surface area contributed by atoms with Gasteiger partial charge in [-0.05, 0) is 31.7 Å². The molecule has 0 radical (unpaired) electrons. The number of rotatable bonds is 10. The lowest BCUT2D eigenvalue weighted by molar-refractivity contribution is -0.137. The van der Waals surface area contributed by atoms with Crippen LogP contribution in [-0.2, 0) is 20.9 Å². The molecule has 116 valence electrons. The van der Waals surface area contributed by atoms with Gasteiger partial charge in [0.2, 0.25) is 0 Å². The van der Waals surface area contributed by atoms with Crippen LogP contribution in [0.25, 0.3) is 0 Å². The summed E-state index contributed by atoms with van der Waals surface area (Å²) in [5, 5.41) is 9.75. The quantitative estimate of drug-likeness (QED) is 0.409. The van der Waals surface area contributed by atoms with Crippen molar-refractivity contribution in [3.05, 3.63) is 48.0 Å². The Bertz CT molecular complexity index is 414. The van der Waals surface area contributed by atoms with E-state index in [4.69, 9.17) is 9.47 Å². The number of esters is 1. The molecule has 1 atom stereocenters. The van der Waals surface area contributed by atoms with Gasteiger partial charge in [-0.25, -0.2) is 4.79 Å². The lowest BCUT2D eigenvalue weighted by Gasteiger charge is -2.08. The van der Waals surface area contributed by atoms with Gasteiger partial charge in [0.25, 0.3) is 0 Å². The summed E-state index contributed by atoms with van der Waals surface area (Å²) in [6, 6.07) is 9.99. The highest BCUT2D eigenvalue weighted by Crippen LogP contribution is 2.05. The maximum atomic E-state index is 11.0. The fraction of sp³-hybridized carbons (Fsp3) is 0.471. The zero-order valence-electron chi connectivity index (χ0n) is 12.5. The molecule has 0 aromatic heterocycles. The summed E-state index contributed by atoms with van der Waals surface area (Å²) in [5.41, 5.74) is 1.15. The third-order valence-corrected chi connectivity index (χ3v) is 2.89. The van der Waals surface area contributed by atoms with Crippen LogP contribution in [0.5, 0.6) is 0 Å². The molecule has 1 rings (SSSR count). The largest absolute Gasteiger partial charge is 0.463 e. The molecule has 0 saturated carbocycles. The minimum atomic E-state index is -0.448. The first-order chi connectivity index (χ1) is 10.2. The van der Waals surface area contributed by atoms with E-state index < -0.39 is 6.10 Å². The topological polar surface area (TPSA) is 55.8 Å². The Labute approximate surface area is 126 Å². The van der Waals surface area contributed by atoms with E-state index in [0.717, 1.165) is 12.0 Å². The second-order valence-corrected chi connectivity index (χ2v) is 4.72. The second kappa shape index (κ2) is 11.1. The normalized spacial score (nSPS) is 12.5. The molecule has 4 heteroatoms. The zero-order chi connectivity index (χ0) is 15.3. The first-order valence-corrected chi connectivity index (χ1v) is 7.35. The molecule has 0 unspecified atom stereocenters. The molecule has 0 fully saturated rings. The molecule has 0 heterocycles. The zero-order valence-corrected chi connectivity index (χ0v) is 12.5. The minimum Gasteiger partial charge on any atom is -0.463 e. The predicted molar refractivity (Wildman–Crippen MR) is 81.7 cm³/mol. The second-order valence-electron chi connectivity index (χ2n) is 4.72. The van der Waals surface area contributed by atoms with E-state index >= 15 is 0 Å². The maximum absolute atomic E-state index is 11.0. The van der Waals surface area contributed by atoms with Gasteiger partial charge in [-0.15, -0.1) is 0 Å². The van der Waals surface area contributed by atoms with Crippen molar-refractivity contribution in [3.8, 4) is 0 Å². The lowest BCUT2D eigenvalue weighted by atomic mass is 10.1. The summed E-state index contributed by atoms with van der Waals surface area (Å²) in [5.74, 6) is -0.365. The van der Waals surface area contributed by atoms with E-state index in [0.29, 0.717) is 32.7 Å². The van der Waals surface area contributed by atoms with Crippen LogP contribution in [0.3, 0.4) is 0 Å². The number of aliphatic hydroxyl groups excluding tert-OH is 1. The van der Waals surface area contributed by atoms with Gasteiger partial charge in [-0.1, -0.05) is 36.4 Å². The van der Waals surface area contributed by atoms with Gasteiger partial charge in [0, 0.05) is 12.7 Å². The van der Waals surface area contributed by atoms with E-state index in [-0.39, 0.29) is 5.97 Å². The molecular formula is C17H24O4. The number of ether oxygens (including phenoxy) is 2. The van der Waals surface area contributed by atoms with Gasteiger partial charge in [0.15, 0.2) is 0 Å². The van der Waals surface area contributed by atoms with Crippen LogP contribution in [-0.4, -0.2) is 30.4 Å². The van der Waals surface area contributed by atoms with E-state index in [1.54, 1.807) is 13.0 Å². The molecule has 4 nitrogen and oxygen atoms in total. The van der Waals surface area contributed by atoms with Crippen molar-refractivity contribution in [3.63, 3.8) is 0 Å². The third kappa shape index (κ3) is 9.00. The van der Waals surface area contributed by atoms with Crippen molar-refractivity contribution in [2.24, 2.45) is 0 Å². The number of hydrogen-bond acceptors (Lipinski definition) is 4. The smallest absolute Gasteiger partial charge is 0.330 e. The molecule has 1 aromatic carbocycles. The molecule has 0 saturated heterocycles. The summed E-state index contributed by atoms with van der Waals surface area (Å²) in [6.45, 7) is 3.34. The van der Waals surface area contributed by atoms with Gasteiger partial charge in [-0.2, -0.15) is 0 Å². The minimum absolute atomic E-state index is 0.365. The van der Waals surface area contributed by atoms with Crippen molar-refractivity contribution in [1.29, 1.82) is 0 Å². The van der Waals surface area contributed by atoms with Gasteiger partial charge in [0.05, 0.1) is 19.3 Å². The number of carbonyl (C=O) groups is 1. The highest BCUT2D eigenvalue weighted by atomic mass is 16.5. The van der Waals surface area contributed by atoms with Crippen molar-refractivity contribution >= 4 is 5.97 Å². The summed E-state index contributed by atoms with van der Waals surface area (Å²) in [4.78, 5) is 11.0. The van der Waals surface area contributed by atoms with Crippen LogP contribution in [0, 0.1) is 0 Å². The first kappa shape index (κ1) is 17.4. The third-order valence-electron chi connectivity index (χ3n) is 2.89. The van der Waals surface area contributed by atoms with E-state index in [9.17, 15) is 9.90 Å². The average molecular weight is 292 g/mol. The van der Waals surface area contributed by atoms with Crippen LogP contribution < -0.4 is 0 Å². The van der Waals surface area contributed by atoms with Crippen molar-refractivity contribution < 1.29 is 19.4 Å². The molecule has 21 heavy (non-hydrogen) atoms. The number of benzene rings is 1. The SMILES string of the molecule is CCOC(=O)C=CC[C@@H](O)CCCOCc1ccccc1. The molecule has 0 amide bonds. The van der Waals surface area contributed by atoms with E-state index in [1.807, 2.05) is 30.3 Å². The number of aliphatic hydroxyl groups is 1. The summed E-state index contributed by atoms with van der Waals surface area (Å²) in [6.07, 6.45) is 4.46. The molecule has 1 aromatic rings. The van der Waals surface area contributed by atoms with Crippen LogP contribution in [0.15, 0.2) is 42.5 Å². The Morgan fingerprint density at radius 2 is 2.10 bits per heavy atom. The predicted octanol–water partition coefficient (Wildman–Crippen LogP) is 2.85. The van der Waals surface area contributed by atoms with Gasteiger partial charge in [0.1, 0.15) is 0 Å². The number of hydrogen-bond donors (Lipinski definition) is 1. The van der Waals surface area contributed by atoms with Crippen LogP contribution in [0.2, 0.25) is 0 Å². The Hall–Kier alpha value is -1.65. The van der Waals surface area contributed by atoms with Gasteiger partial charge in [-0.3, -0.25) is 0 Å². The van der Waals surface area contributed by atoms with Crippen LogP contribution in [0.1, 0.15) is 31.7 Å². The van der Waals surface area contributed by atoms with Crippen molar-refractivity contribution in [2.45, 2.75) is 38.9 Å². The van der Waals surface area contributed by atoms with Gasteiger partial charge >= 0.3 is 5.97 Å². The Kier molecular flexibility index (Phi) is 9.16. The lowest BCUT2D eigenvalue weighted by Crippen LogP contribution is -2.07. The molecule has 0 aliphatic heterocycles. The maximum Gasteiger partial charge on any atom is 0.330 e. The summed E-state index contributed by atoms with van der Waals surface area (Å²) in [7, 11) is 0. The fourth-order valence-corrected chi connectivity index (χ4v) is 1.81. The van der Waals surface area contributed by atoms with Crippen molar-refractivity contribution in [1.82, 2.24) is 0 Å². The highest BCUT2D eigenvalue weighted by Gasteiger charge is 2.02. The average Bonchev–Trinajstić information content (AvgIpc) is 2.48. The molecule has 0 bridgehead atoms. The molecule has 0 aliphatic rings. The van der Waals surface area contributed by atoms with Crippen molar-refractivity contribution in [2.75, 3.05) is 13.2 Å². The molecule has 0 spiro atoms. The summed E-state index contributed by atoms with van der Waals surface area (Å²) >= 11 is 0.